The monoisotopic (exact) mass is 332 g/mol. The largest absolute Gasteiger partial charge is 0.103 e. The van der Waals surface area contributed by atoms with Gasteiger partial charge in [0.05, 0.1) is 0 Å². The third-order valence-corrected chi connectivity index (χ3v) is 4.26. The third-order valence-electron chi connectivity index (χ3n) is 4.26. The molecule has 0 aromatic carbocycles. The third kappa shape index (κ3) is 19.0. The first-order valence-corrected chi connectivity index (χ1v) is 10.2. The number of unbranched alkanes of at least 4 members (excludes halogenated alkanes) is 8. The lowest BCUT2D eigenvalue weighted by Gasteiger charge is -1.96. The van der Waals surface area contributed by atoms with Gasteiger partial charge >= 0.3 is 0 Å². The van der Waals surface area contributed by atoms with Crippen molar-refractivity contribution in [2.45, 2.75) is 97.8 Å². The maximum Gasteiger partial charge on any atom is 0.00590 e. The normalized spacial score (nSPS) is 14.0. The van der Waals surface area contributed by atoms with Gasteiger partial charge in [0.1, 0.15) is 0 Å². The first kappa shape index (κ1) is 25.2. The Morgan fingerprint density at radius 2 is 1.21 bits per heavy atom. The van der Waals surface area contributed by atoms with Crippen LogP contribution >= 0.6 is 0 Å². The minimum absolute atomic E-state index is 0.425. The fourth-order valence-corrected chi connectivity index (χ4v) is 2.35. The first-order valence-electron chi connectivity index (χ1n) is 10.2. The van der Waals surface area contributed by atoms with Gasteiger partial charge in [0.15, 0.2) is 0 Å². The molecule has 0 spiro atoms. The number of rotatable bonds is 12. The van der Waals surface area contributed by atoms with Crippen LogP contribution in [0.1, 0.15) is 97.8 Å². The maximum atomic E-state index is 3.76. The van der Waals surface area contributed by atoms with E-state index in [1.807, 2.05) is 18.2 Å². The molecule has 0 N–H and O–H groups in total. The van der Waals surface area contributed by atoms with Crippen molar-refractivity contribution in [1.82, 2.24) is 0 Å². The van der Waals surface area contributed by atoms with Gasteiger partial charge in [0, 0.05) is 5.41 Å². The highest BCUT2D eigenvalue weighted by Crippen LogP contribution is 2.47. The molecule has 0 radical (unpaired) electrons. The highest BCUT2D eigenvalue weighted by Gasteiger charge is 2.35. The zero-order chi connectivity index (χ0) is 18.5. The van der Waals surface area contributed by atoms with E-state index in [-0.39, 0.29) is 0 Å². The van der Waals surface area contributed by atoms with Crippen LogP contribution in [0.2, 0.25) is 0 Å². The summed E-state index contributed by atoms with van der Waals surface area (Å²) in [5, 5.41) is 0. The predicted octanol–water partition coefficient (Wildman–Crippen LogP) is 8.81. The Kier molecular flexibility index (Phi) is 21.0. The SMILES string of the molecule is C=CC1(C=CC)CC1.C=CCCCCCC.C=CCCCCCC. The fraction of sp³-hybridized carbons (Fsp3) is 0.667. The summed E-state index contributed by atoms with van der Waals surface area (Å²) in [6.45, 7) is 17.6. The number of hydrogen-bond donors (Lipinski definition) is 0. The van der Waals surface area contributed by atoms with Crippen LogP contribution in [0.25, 0.3) is 0 Å². The quantitative estimate of drug-likeness (QED) is 0.247. The zero-order valence-corrected chi connectivity index (χ0v) is 17.0. The van der Waals surface area contributed by atoms with E-state index in [1.54, 1.807) is 0 Å². The van der Waals surface area contributed by atoms with Gasteiger partial charge < -0.3 is 0 Å². The summed E-state index contributed by atoms with van der Waals surface area (Å²) in [7, 11) is 0. The summed E-state index contributed by atoms with van der Waals surface area (Å²) in [6, 6.07) is 0. The minimum Gasteiger partial charge on any atom is -0.103 e. The molecule has 0 heteroatoms. The molecule has 0 bridgehead atoms. The zero-order valence-electron chi connectivity index (χ0n) is 17.0. The van der Waals surface area contributed by atoms with Gasteiger partial charge in [0.25, 0.3) is 0 Å². The van der Waals surface area contributed by atoms with Crippen LogP contribution in [0, 0.1) is 5.41 Å². The molecule has 0 nitrogen and oxygen atoms in total. The molecule has 1 fully saturated rings. The van der Waals surface area contributed by atoms with Gasteiger partial charge in [-0.15, -0.1) is 19.7 Å². The summed E-state index contributed by atoms with van der Waals surface area (Å²) in [5.74, 6) is 0. The van der Waals surface area contributed by atoms with Gasteiger partial charge in [-0.2, -0.15) is 0 Å². The molecule has 1 rings (SSSR count). The first-order chi connectivity index (χ1) is 11.7. The molecule has 1 saturated carbocycles. The second-order valence-electron chi connectivity index (χ2n) is 6.71. The molecule has 0 atom stereocenters. The summed E-state index contributed by atoms with van der Waals surface area (Å²) >= 11 is 0. The van der Waals surface area contributed by atoms with Gasteiger partial charge in [-0.05, 0) is 45.4 Å². The highest BCUT2D eigenvalue weighted by atomic mass is 14.4. The van der Waals surface area contributed by atoms with E-state index in [1.165, 1.54) is 77.0 Å². The van der Waals surface area contributed by atoms with Crippen LogP contribution in [0.15, 0.2) is 50.1 Å². The molecule has 140 valence electrons. The van der Waals surface area contributed by atoms with Crippen LogP contribution in [0.3, 0.4) is 0 Å². The Morgan fingerprint density at radius 3 is 1.42 bits per heavy atom. The van der Waals surface area contributed by atoms with Crippen molar-refractivity contribution in [3.8, 4) is 0 Å². The number of hydrogen-bond acceptors (Lipinski definition) is 0. The standard InChI is InChI=1S/C8H12.2C8H16/c1-3-5-8(4-2)6-7-8;2*1-3-5-7-8-6-4-2/h3-5H,2,6-7H2,1H3;2*3H,1,4-8H2,2H3. The Bertz CT molecular complexity index is 288. The second kappa shape index (κ2) is 20.0. The van der Waals surface area contributed by atoms with E-state index >= 15 is 0 Å². The molecule has 1 aliphatic rings. The van der Waals surface area contributed by atoms with Crippen LogP contribution in [0.4, 0.5) is 0 Å². The number of allylic oxidation sites excluding steroid dienone is 5. The Morgan fingerprint density at radius 1 is 0.750 bits per heavy atom. The summed E-state index contributed by atoms with van der Waals surface area (Å²) in [5.41, 5.74) is 0.425. The fourth-order valence-electron chi connectivity index (χ4n) is 2.35. The average Bonchev–Trinajstić information content (AvgIpc) is 3.38. The minimum atomic E-state index is 0.425. The molecule has 0 heterocycles. The van der Waals surface area contributed by atoms with Crippen LogP contribution in [-0.2, 0) is 0 Å². The van der Waals surface area contributed by atoms with Gasteiger partial charge in [-0.25, -0.2) is 0 Å². The van der Waals surface area contributed by atoms with E-state index < -0.39 is 0 Å². The molecule has 0 unspecified atom stereocenters. The topological polar surface area (TPSA) is 0 Å². The molecule has 0 aliphatic heterocycles. The van der Waals surface area contributed by atoms with Crippen LogP contribution < -0.4 is 0 Å². The lowest BCUT2D eigenvalue weighted by molar-refractivity contribution is 0.675. The molecule has 1 aliphatic carbocycles. The van der Waals surface area contributed by atoms with E-state index in [0.29, 0.717) is 5.41 Å². The Hall–Kier alpha value is -1.04. The Labute approximate surface area is 153 Å². The van der Waals surface area contributed by atoms with Crippen molar-refractivity contribution in [3.05, 3.63) is 50.1 Å². The summed E-state index contributed by atoms with van der Waals surface area (Å²) in [4.78, 5) is 0. The van der Waals surface area contributed by atoms with Crippen molar-refractivity contribution in [1.29, 1.82) is 0 Å². The predicted molar refractivity (Wildman–Crippen MR) is 115 cm³/mol. The lowest BCUT2D eigenvalue weighted by atomic mass is 10.1. The lowest BCUT2D eigenvalue weighted by Crippen LogP contribution is -1.84. The molecule has 0 saturated heterocycles. The molecule has 0 aromatic rings. The molecule has 24 heavy (non-hydrogen) atoms. The van der Waals surface area contributed by atoms with Crippen molar-refractivity contribution in [3.63, 3.8) is 0 Å². The van der Waals surface area contributed by atoms with E-state index in [2.05, 4.69) is 52.7 Å². The van der Waals surface area contributed by atoms with Crippen LogP contribution in [-0.4, -0.2) is 0 Å². The van der Waals surface area contributed by atoms with Crippen molar-refractivity contribution >= 4 is 0 Å². The summed E-state index contributed by atoms with van der Waals surface area (Å²) in [6.07, 6.45) is 26.2. The summed E-state index contributed by atoms with van der Waals surface area (Å²) < 4.78 is 0. The molecule has 0 aromatic heterocycles. The van der Waals surface area contributed by atoms with Crippen LogP contribution in [0.5, 0.6) is 0 Å². The molecular weight excluding hydrogens is 288 g/mol. The maximum absolute atomic E-state index is 3.76. The van der Waals surface area contributed by atoms with Crippen molar-refractivity contribution in [2.75, 3.05) is 0 Å². The Balaban J connectivity index is 0. The van der Waals surface area contributed by atoms with Gasteiger partial charge in [-0.3, -0.25) is 0 Å². The smallest absolute Gasteiger partial charge is 0.00590 e. The van der Waals surface area contributed by atoms with E-state index in [0.717, 1.165) is 0 Å². The molecular formula is C24H44. The van der Waals surface area contributed by atoms with Crippen molar-refractivity contribution in [2.24, 2.45) is 5.41 Å². The van der Waals surface area contributed by atoms with E-state index in [4.69, 9.17) is 0 Å². The second-order valence-corrected chi connectivity index (χ2v) is 6.71. The molecule has 0 amide bonds. The van der Waals surface area contributed by atoms with Gasteiger partial charge in [0.2, 0.25) is 0 Å². The van der Waals surface area contributed by atoms with E-state index in [9.17, 15) is 0 Å². The highest BCUT2D eigenvalue weighted by molar-refractivity contribution is 5.17. The van der Waals surface area contributed by atoms with Gasteiger partial charge in [-0.1, -0.05) is 82.8 Å². The average molecular weight is 333 g/mol. The van der Waals surface area contributed by atoms with Crippen molar-refractivity contribution < 1.29 is 0 Å².